The highest BCUT2D eigenvalue weighted by atomic mass is 16.6. The number of carbonyl (C=O) groups is 2. The third-order valence-corrected chi connectivity index (χ3v) is 11.1. The average Bonchev–Trinajstić information content (AvgIpc) is 3.30. The van der Waals surface area contributed by atoms with Gasteiger partial charge < -0.3 is 14.2 Å². The Morgan fingerprint density at radius 1 is 0.359 bits per heavy atom. The number of ether oxygens (including phenoxy) is 3. The monoisotopic (exact) mass is 889 g/mol. The maximum atomic E-state index is 12.8. The van der Waals surface area contributed by atoms with Gasteiger partial charge in [0, 0.05) is 19.4 Å². The van der Waals surface area contributed by atoms with Crippen LogP contribution in [-0.4, -0.2) is 37.9 Å². The lowest BCUT2D eigenvalue weighted by atomic mass is 10.0. The van der Waals surface area contributed by atoms with Crippen molar-refractivity contribution in [2.45, 2.75) is 245 Å². The number of hydrogen-bond donors (Lipinski definition) is 0. The van der Waals surface area contributed by atoms with Crippen molar-refractivity contribution in [1.82, 2.24) is 0 Å². The Kier molecular flexibility index (Phi) is 51.5. The molecule has 0 rings (SSSR count). The van der Waals surface area contributed by atoms with Crippen LogP contribution >= 0.6 is 0 Å². The number of carbonyl (C=O) groups excluding carboxylic acids is 2. The first kappa shape index (κ1) is 60.8. The highest BCUT2D eigenvalue weighted by Crippen LogP contribution is 2.15. The van der Waals surface area contributed by atoms with E-state index in [9.17, 15) is 9.59 Å². The highest BCUT2D eigenvalue weighted by molar-refractivity contribution is 5.70. The molecule has 0 aromatic carbocycles. The van der Waals surface area contributed by atoms with Gasteiger partial charge in [-0.1, -0.05) is 240 Å². The van der Waals surface area contributed by atoms with E-state index in [1.165, 1.54) is 122 Å². The van der Waals surface area contributed by atoms with E-state index >= 15 is 0 Å². The van der Waals surface area contributed by atoms with Crippen molar-refractivity contribution in [3.63, 3.8) is 0 Å². The van der Waals surface area contributed by atoms with E-state index in [0.29, 0.717) is 25.9 Å². The number of esters is 2. The summed E-state index contributed by atoms with van der Waals surface area (Å²) in [6.07, 6.45) is 72.9. The van der Waals surface area contributed by atoms with Crippen molar-refractivity contribution < 1.29 is 23.8 Å². The van der Waals surface area contributed by atoms with Gasteiger partial charge in [0.1, 0.15) is 6.61 Å². The van der Waals surface area contributed by atoms with Gasteiger partial charge in [0.05, 0.1) is 6.61 Å². The molecule has 0 bridgehead atoms. The first-order valence-corrected chi connectivity index (χ1v) is 26.8. The van der Waals surface area contributed by atoms with Gasteiger partial charge in [-0.25, -0.2) is 0 Å². The topological polar surface area (TPSA) is 61.8 Å². The molecule has 0 amide bonds. The summed E-state index contributed by atoms with van der Waals surface area (Å²) >= 11 is 0. The fourth-order valence-electron chi connectivity index (χ4n) is 7.16. The summed E-state index contributed by atoms with van der Waals surface area (Å²) in [4.78, 5) is 25.4. The molecule has 1 unspecified atom stereocenters. The lowest BCUT2D eigenvalue weighted by Gasteiger charge is -2.18. The fraction of sp³-hybridized carbons (Fsp3) is 0.695. The Morgan fingerprint density at radius 2 is 0.766 bits per heavy atom. The van der Waals surface area contributed by atoms with Gasteiger partial charge in [-0.2, -0.15) is 0 Å². The molecule has 0 spiro atoms. The normalized spacial score (nSPS) is 13.0. The predicted octanol–water partition coefficient (Wildman–Crippen LogP) is 18.2. The molecular formula is C59H100O5. The van der Waals surface area contributed by atoms with Gasteiger partial charge in [0.2, 0.25) is 0 Å². The summed E-state index contributed by atoms with van der Waals surface area (Å²) in [6.45, 7) is 7.56. The maximum Gasteiger partial charge on any atom is 0.306 e. The van der Waals surface area contributed by atoms with Crippen LogP contribution in [0.2, 0.25) is 0 Å². The number of hydrogen-bond acceptors (Lipinski definition) is 5. The van der Waals surface area contributed by atoms with Crippen LogP contribution in [0.1, 0.15) is 239 Å². The molecule has 64 heavy (non-hydrogen) atoms. The van der Waals surface area contributed by atoms with E-state index in [-0.39, 0.29) is 25.2 Å². The third-order valence-electron chi connectivity index (χ3n) is 11.1. The van der Waals surface area contributed by atoms with Crippen molar-refractivity contribution in [2.24, 2.45) is 0 Å². The van der Waals surface area contributed by atoms with Crippen molar-refractivity contribution in [2.75, 3.05) is 19.8 Å². The Bertz CT molecular complexity index is 1230. The van der Waals surface area contributed by atoms with E-state index in [1.807, 2.05) is 6.08 Å². The molecule has 366 valence electrons. The summed E-state index contributed by atoms with van der Waals surface area (Å²) in [7, 11) is 0. The van der Waals surface area contributed by atoms with Crippen LogP contribution in [-0.2, 0) is 23.8 Å². The third kappa shape index (κ3) is 51.5. The molecule has 0 saturated heterocycles. The van der Waals surface area contributed by atoms with Crippen LogP contribution in [0.15, 0.2) is 97.2 Å². The van der Waals surface area contributed by atoms with Crippen LogP contribution in [0, 0.1) is 0 Å². The summed E-state index contributed by atoms with van der Waals surface area (Å²) in [5.41, 5.74) is 0. The lowest BCUT2D eigenvalue weighted by Crippen LogP contribution is -2.30. The van der Waals surface area contributed by atoms with Crippen LogP contribution in [0.3, 0.4) is 0 Å². The van der Waals surface area contributed by atoms with Crippen molar-refractivity contribution in [3.8, 4) is 0 Å². The summed E-state index contributed by atoms with van der Waals surface area (Å²) < 4.78 is 17.3. The van der Waals surface area contributed by atoms with Gasteiger partial charge in [0.25, 0.3) is 0 Å². The SMILES string of the molecule is CC/C=C\C/C=C\C/C=C\C/C=C\C/C=C\C/C=C\CCC(=O)OCC(COCCCCCCCC/C=C\C/C=C\CCC)OC(=O)CCCCCCCCCCCCCCCCC. The minimum atomic E-state index is -0.575. The molecule has 0 radical (unpaired) electrons. The molecular weight excluding hydrogens is 789 g/mol. The minimum Gasteiger partial charge on any atom is -0.462 e. The number of unbranched alkanes of at least 4 members (excludes halogenated alkanes) is 21. The standard InChI is InChI=1S/C59H100O5/c1-4-7-10-13-16-19-22-25-28-29-30-31-33-34-37-40-43-46-49-52-58(60)63-56-57(55-62-54-51-48-45-42-39-36-27-24-21-18-15-12-9-6-3)64-59(61)53-50-47-44-41-38-35-32-26-23-20-17-14-11-8-5-2/h7,10,12,15-16,19,21,24-25,28,30-31,34,37,43,46,57H,4-6,8-9,11,13-14,17-18,20,22-23,26-27,29,32-33,35-36,38-42,44-45,47-56H2,1-3H3/b10-7-,15-12-,19-16-,24-21-,28-25-,31-30-,37-34-,46-43-. The number of rotatable bonds is 48. The Hall–Kier alpha value is -3.18. The molecule has 0 fully saturated rings. The number of allylic oxidation sites excluding steroid dienone is 16. The molecule has 5 heteroatoms. The molecule has 5 nitrogen and oxygen atoms in total. The molecule has 0 aliphatic heterocycles. The minimum absolute atomic E-state index is 0.0383. The smallest absolute Gasteiger partial charge is 0.306 e. The molecule has 0 aromatic rings. The first-order valence-electron chi connectivity index (χ1n) is 26.8. The van der Waals surface area contributed by atoms with Crippen molar-refractivity contribution in [3.05, 3.63) is 97.2 Å². The molecule has 0 aromatic heterocycles. The van der Waals surface area contributed by atoms with Gasteiger partial charge >= 0.3 is 11.9 Å². The van der Waals surface area contributed by atoms with Crippen LogP contribution in [0.5, 0.6) is 0 Å². The van der Waals surface area contributed by atoms with Gasteiger partial charge in [0.15, 0.2) is 6.10 Å². The first-order chi connectivity index (χ1) is 31.6. The van der Waals surface area contributed by atoms with Gasteiger partial charge in [-0.15, -0.1) is 0 Å². The Balaban J connectivity index is 4.40. The second kappa shape index (κ2) is 54.2. The van der Waals surface area contributed by atoms with E-state index in [4.69, 9.17) is 14.2 Å². The van der Waals surface area contributed by atoms with E-state index < -0.39 is 6.10 Å². The average molecular weight is 889 g/mol. The van der Waals surface area contributed by atoms with Crippen molar-refractivity contribution >= 4 is 11.9 Å². The van der Waals surface area contributed by atoms with Crippen LogP contribution in [0.4, 0.5) is 0 Å². The fourth-order valence-corrected chi connectivity index (χ4v) is 7.16. The van der Waals surface area contributed by atoms with E-state index in [0.717, 1.165) is 77.0 Å². The van der Waals surface area contributed by atoms with Crippen LogP contribution < -0.4 is 0 Å². The van der Waals surface area contributed by atoms with Crippen LogP contribution in [0.25, 0.3) is 0 Å². The van der Waals surface area contributed by atoms with E-state index in [2.05, 4.69) is 112 Å². The molecule has 0 heterocycles. The predicted molar refractivity (Wildman–Crippen MR) is 279 cm³/mol. The quantitative estimate of drug-likeness (QED) is 0.0346. The zero-order valence-electron chi connectivity index (χ0n) is 42.0. The molecule has 1 atom stereocenters. The molecule has 0 N–H and O–H groups in total. The maximum absolute atomic E-state index is 12.8. The van der Waals surface area contributed by atoms with Gasteiger partial charge in [-0.05, 0) is 83.5 Å². The zero-order valence-corrected chi connectivity index (χ0v) is 42.0. The largest absolute Gasteiger partial charge is 0.462 e. The zero-order chi connectivity index (χ0) is 46.3. The molecule has 0 saturated carbocycles. The molecule has 0 aliphatic rings. The van der Waals surface area contributed by atoms with E-state index in [1.54, 1.807) is 0 Å². The second-order valence-corrected chi connectivity index (χ2v) is 17.4. The second-order valence-electron chi connectivity index (χ2n) is 17.4. The summed E-state index contributed by atoms with van der Waals surface area (Å²) in [5.74, 6) is -0.498. The van der Waals surface area contributed by atoms with Gasteiger partial charge in [-0.3, -0.25) is 9.59 Å². The molecule has 0 aliphatic carbocycles. The summed E-state index contributed by atoms with van der Waals surface area (Å²) in [6, 6.07) is 0. The Morgan fingerprint density at radius 3 is 1.25 bits per heavy atom. The lowest BCUT2D eigenvalue weighted by molar-refractivity contribution is -0.162. The highest BCUT2D eigenvalue weighted by Gasteiger charge is 2.17. The summed E-state index contributed by atoms with van der Waals surface area (Å²) in [5, 5.41) is 0. The Labute approximate surface area is 396 Å². The van der Waals surface area contributed by atoms with Crippen molar-refractivity contribution in [1.29, 1.82) is 0 Å².